The number of rotatable bonds is 6. The largest absolute Gasteiger partial charge is 0.461 e. The lowest BCUT2D eigenvalue weighted by Crippen LogP contribution is -2.53. The number of ether oxygens (including phenoxy) is 1. The van der Waals surface area contributed by atoms with Crippen LogP contribution in [0.4, 0.5) is 19.0 Å². The summed E-state index contributed by atoms with van der Waals surface area (Å²) in [5, 5.41) is 1.24. The van der Waals surface area contributed by atoms with E-state index in [2.05, 4.69) is 16.5 Å². The number of carbonyl (C=O) groups excluding carboxylic acids is 1. The number of piperazine rings is 1. The van der Waals surface area contributed by atoms with Gasteiger partial charge in [-0.2, -0.15) is 9.97 Å². The molecule has 4 aromatic rings. The van der Waals surface area contributed by atoms with E-state index < -0.39 is 23.3 Å². The molecule has 0 radical (unpaired) electrons. The van der Waals surface area contributed by atoms with Gasteiger partial charge in [-0.15, -0.1) is 0 Å². The van der Waals surface area contributed by atoms with Crippen molar-refractivity contribution >= 4 is 56.6 Å². The Bertz CT molecular complexity index is 1890. The Balaban J connectivity index is 1.37. The number of amides is 1. The highest BCUT2D eigenvalue weighted by molar-refractivity contribution is 6.38. The monoisotopic (exact) mass is 669 g/mol. The molecule has 3 aliphatic rings. The van der Waals surface area contributed by atoms with Gasteiger partial charge in [0.15, 0.2) is 5.82 Å². The average Bonchev–Trinajstić information content (AvgIpc) is 3.57. The van der Waals surface area contributed by atoms with E-state index >= 15 is 4.39 Å². The second-order valence-electron chi connectivity index (χ2n) is 12.4. The smallest absolute Gasteiger partial charge is 0.319 e. The van der Waals surface area contributed by atoms with E-state index in [-0.39, 0.29) is 45.7 Å². The summed E-state index contributed by atoms with van der Waals surface area (Å²) in [6.07, 6.45) is 2.43. The first kappa shape index (κ1) is 31.0. The summed E-state index contributed by atoms with van der Waals surface area (Å²) in [5.74, 6) is -1.13. The number of hydrogen-bond acceptors (Lipinski definition) is 6. The van der Waals surface area contributed by atoms with Gasteiger partial charge >= 0.3 is 6.01 Å². The number of carbonyl (C=O) groups is 1. The van der Waals surface area contributed by atoms with Crippen LogP contribution in [0.15, 0.2) is 49.1 Å². The number of alkyl halides is 1. The topological polar surface area (TPSA) is 61.8 Å². The van der Waals surface area contributed by atoms with Crippen molar-refractivity contribution in [3.05, 3.63) is 70.7 Å². The van der Waals surface area contributed by atoms with Crippen molar-refractivity contribution in [1.82, 2.24) is 19.8 Å². The summed E-state index contributed by atoms with van der Waals surface area (Å²) >= 11 is 13.3. The molecule has 0 bridgehead atoms. The van der Waals surface area contributed by atoms with Crippen molar-refractivity contribution < 1.29 is 22.7 Å². The minimum atomic E-state index is -0.938. The summed E-state index contributed by atoms with van der Waals surface area (Å²) in [6.45, 7) is 8.08. The maximum atomic E-state index is 16.9. The van der Waals surface area contributed by atoms with Crippen LogP contribution < -0.4 is 9.64 Å². The van der Waals surface area contributed by atoms with E-state index in [9.17, 15) is 13.6 Å². The van der Waals surface area contributed by atoms with Crippen LogP contribution in [0.1, 0.15) is 26.2 Å². The van der Waals surface area contributed by atoms with Crippen LogP contribution in [-0.2, 0) is 4.79 Å². The van der Waals surface area contributed by atoms with Crippen molar-refractivity contribution in [2.75, 3.05) is 44.2 Å². The molecule has 12 heteroatoms. The Morgan fingerprint density at radius 3 is 2.76 bits per heavy atom. The van der Waals surface area contributed by atoms with Gasteiger partial charge in [0.1, 0.15) is 29.9 Å². The maximum Gasteiger partial charge on any atom is 0.319 e. The molecule has 1 amide bonds. The van der Waals surface area contributed by atoms with E-state index in [1.807, 2.05) is 11.8 Å². The summed E-state index contributed by atoms with van der Waals surface area (Å²) in [6, 6.07) is 9.34. The van der Waals surface area contributed by atoms with Gasteiger partial charge in [-0.05, 0) is 55.5 Å². The summed E-state index contributed by atoms with van der Waals surface area (Å²) in [5.41, 5.74) is -0.153. The first-order valence-electron chi connectivity index (χ1n) is 15.4. The highest BCUT2D eigenvalue weighted by Crippen LogP contribution is 2.44. The molecule has 3 fully saturated rings. The lowest BCUT2D eigenvalue weighted by atomic mass is 9.95. The molecule has 46 heavy (non-hydrogen) atoms. The average molecular weight is 671 g/mol. The molecular weight excluding hydrogens is 638 g/mol. The molecule has 1 aromatic heterocycles. The predicted molar refractivity (Wildman–Crippen MR) is 175 cm³/mol. The molecule has 240 valence electrons. The quantitative estimate of drug-likeness (QED) is 0.202. The maximum absolute atomic E-state index is 16.9. The molecule has 0 aliphatic carbocycles. The van der Waals surface area contributed by atoms with Crippen LogP contribution in [-0.4, -0.2) is 82.8 Å². The van der Waals surface area contributed by atoms with Crippen molar-refractivity contribution in [3.63, 3.8) is 0 Å². The summed E-state index contributed by atoms with van der Waals surface area (Å²) < 4.78 is 52.2. The Hall–Kier alpha value is -3.60. The molecule has 0 N–H and O–H groups in total. The third kappa shape index (κ3) is 5.15. The number of anilines is 1. The normalized spacial score (nSPS) is 23.3. The van der Waals surface area contributed by atoms with E-state index in [0.717, 1.165) is 19.4 Å². The van der Waals surface area contributed by atoms with Crippen LogP contribution in [0.25, 0.3) is 32.8 Å². The van der Waals surface area contributed by atoms with Gasteiger partial charge < -0.3 is 14.5 Å². The molecule has 4 heterocycles. The van der Waals surface area contributed by atoms with Crippen LogP contribution >= 0.6 is 23.2 Å². The molecule has 3 aromatic carbocycles. The number of nitrogens with zero attached hydrogens (tertiary/aromatic N) is 5. The van der Waals surface area contributed by atoms with Crippen molar-refractivity contribution in [3.8, 4) is 17.1 Å². The van der Waals surface area contributed by atoms with Crippen LogP contribution in [0.2, 0.25) is 10.0 Å². The second-order valence-corrected chi connectivity index (χ2v) is 13.2. The van der Waals surface area contributed by atoms with Gasteiger partial charge in [-0.3, -0.25) is 9.69 Å². The number of hydrogen-bond donors (Lipinski definition) is 0. The molecule has 0 unspecified atom stereocenters. The third-order valence-corrected chi connectivity index (χ3v) is 10.3. The number of aromatic nitrogens is 2. The zero-order chi connectivity index (χ0) is 32.3. The molecule has 0 saturated carbocycles. The van der Waals surface area contributed by atoms with Gasteiger partial charge in [-0.1, -0.05) is 54.0 Å². The van der Waals surface area contributed by atoms with Gasteiger partial charge in [0.2, 0.25) is 5.91 Å². The van der Waals surface area contributed by atoms with Crippen LogP contribution in [0, 0.1) is 11.6 Å². The lowest BCUT2D eigenvalue weighted by molar-refractivity contribution is -0.126. The standard InChI is InChI=1S/C34H32Cl2F3N5O2/c1-3-26(45)42-12-13-44(19(2)16-42)32-23-14-24(35)28(22-7-4-6-20-8-9-25(38)29(36)27(20)22)30(39)31(23)40-33(41-32)46-18-34-10-5-11-43(34)17-21(37)15-34/h3-4,6-9,14,19,21H,1,5,10-13,15-18H2,2H3/t19-,21+,34-/m0/s1. The van der Waals surface area contributed by atoms with Crippen molar-refractivity contribution in [2.24, 2.45) is 0 Å². The number of halogens is 5. The molecule has 0 spiro atoms. The molecule has 7 nitrogen and oxygen atoms in total. The van der Waals surface area contributed by atoms with E-state index in [1.165, 1.54) is 12.1 Å². The zero-order valence-corrected chi connectivity index (χ0v) is 26.7. The fourth-order valence-corrected chi connectivity index (χ4v) is 8.03. The molecule has 7 rings (SSSR count). The van der Waals surface area contributed by atoms with Gasteiger partial charge in [0.25, 0.3) is 0 Å². The Morgan fingerprint density at radius 1 is 1.15 bits per heavy atom. The number of benzene rings is 3. The predicted octanol–water partition coefficient (Wildman–Crippen LogP) is 7.21. The molecule has 3 atom stereocenters. The van der Waals surface area contributed by atoms with Gasteiger partial charge in [0, 0.05) is 55.0 Å². The first-order chi connectivity index (χ1) is 22.1. The minimum absolute atomic E-state index is 0.0222. The van der Waals surface area contributed by atoms with Gasteiger partial charge in [-0.25, -0.2) is 13.2 Å². The Labute approximate surface area is 274 Å². The lowest BCUT2D eigenvalue weighted by Gasteiger charge is -2.40. The van der Waals surface area contributed by atoms with E-state index in [0.29, 0.717) is 60.1 Å². The molecular formula is C34H32Cl2F3N5O2. The van der Waals surface area contributed by atoms with Crippen molar-refractivity contribution in [2.45, 2.75) is 43.9 Å². The first-order valence-corrected chi connectivity index (χ1v) is 16.1. The fraction of sp³-hybridized carbons (Fsp3) is 0.382. The van der Waals surface area contributed by atoms with Crippen LogP contribution in [0.5, 0.6) is 6.01 Å². The zero-order valence-electron chi connectivity index (χ0n) is 25.2. The fourth-order valence-electron chi connectivity index (χ4n) is 7.46. The number of fused-ring (bicyclic) bond motifs is 3. The Morgan fingerprint density at radius 2 is 1.98 bits per heavy atom. The third-order valence-electron chi connectivity index (χ3n) is 9.66. The highest BCUT2D eigenvalue weighted by Gasteiger charge is 2.49. The minimum Gasteiger partial charge on any atom is -0.461 e. The summed E-state index contributed by atoms with van der Waals surface area (Å²) in [7, 11) is 0. The van der Waals surface area contributed by atoms with E-state index in [1.54, 1.807) is 35.2 Å². The highest BCUT2D eigenvalue weighted by atomic mass is 35.5. The Kier molecular flexibility index (Phi) is 8.02. The molecule has 3 saturated heterocycles. The van der Waals surface area contributed by atoms with E-state index in [4.69, 9.17) is 32.9 Å². The van der Waals surface area contributed by atoms with Crippen molar-refractivity contribution in [1.29, 1.82) is 0 Å². The van der Waals surface area contributed by atoms with Crippen LogP contribution in [0.3, 0.4) is 0 Å². The van der Waals surface area contributed by atoms with Gasteiger partial charge in [0.05, 0.1) is 15.6 Å². The SMILES string of the molecule is C=CC(=O)N1CCN(c2nc(OC[C@@]34CCCN3C[C@H](F)C4)nc3c(F)c(-c4cccc5ccc(F)c(Cl)c45)c(Cl)cc23)[C@@H](C)C1. The molecule has 3 aliphatic heterocycles. The second kappa shape index (κ2) is 11.9. The summed E-state index contributed by atoms with van der Waals surface area (Å²) in [4.78, 5) is 27.5.